The van der Waals surface area contributed by atoms with E-state index in [1.807, 2.05) is 0 Å². The normalized spacial score (nSPS) is 10.8. The minimum Gasteiger partial charge on any atom is -0.502 e. The summed E-state index contributed by atoms with van der Waals surface area (Å²) in [6, 6.07) is 11.9. The zero-order valence-electron chi connectivity index (χ0n) is 14.6. The molecule has 0 saturated carbocycles. The Balaban J connectivity index is 1.87. The summed E-state index contributed by atoms with van der Waals surface area (Å²) in [4.78, 5) is 32.6. The van der Waals surface area contributed by atoms with Crippen LogP contribution < -0.4 is 5.43 Å². The van der Waals surface area contributed by atoms with Gasteiger partial charge in [0.25, 0.3) is 11.6 Å². The molecule has 0 bridgehead atoms. The molecule has 0 spiro atoms. The third kappa shape index (κ3) is 4.08. The number of carbonyl (C=O) groups excluding carboxylic acids is 1. The van der Waals surface area contributed by atoms with E-state index in [1.165, 1.54) is 0 Å². The van der Waals surface area contributed by atoms with Crippen molar-refractivity contribution in [2.75, 3.05) is 0 Å². The summed E-state index contributed by atoms with van der Waals surface area (Å²) in [6.45, 7) is 0. The van der Waals surface area contributed by atoms with E-state index in [2.05, 4.69) is 10.5 Å². The van der Waals surface area contributed by atoms with Crippen molar-refractivity contribution in [3.8, 4) is 11.4 Å². The van der Waals surface area contributed by atoms with Gasteiger partial charge in [-0.2, -0.15) is 5.10 Å². The third-order valence-electron chi connectivity index (χ3n) is 3.91. The van der Waals surface area contributed by atoms with Gasteiger partial charge in [-0.15, -0.1) is 0 Å². The third-order valence-corrected chi connectivity index (χ3v) is 3.91. The van der Waals surface area contributed by atoms with E-state index >= 15 is 0 Å². The fraction of sp³-hybridized carbons (Fsp3) is 0. The molecule has 3 aromatic rings. The highest BCUT2D eigenvalue weighted by molar-refractivity contribution is 5.98. The van der Waals surface area contributed by atoms with Gasteiger partial charge < -0.3 is 9.67 Å². The molecule has 0 unspecified atom stereocenters. The molecule has 0 aliphatic heterocycles. The van der Waals surface area contributed by atoms with Crippen molar-refractivity contribution in [1.82, 2.24) is 9.99 Å². The van der Waals surface area contributed by atoms with Crippen molar-refractivity contribution in [3.05, 3.63) is 92.3 Å². The Morgan fingerprint density at radius 1 is 1.07 bits per heavy atom. The Morgan fingerprint density at radius 3 is 2.41 bits per heavy atom. The number of hydrogen-bond acceptors (Lipinski definition) is 7. The Kier molecular flexibility index (Phi) is 5.30. The van der Waals surface area contributed by atoms with Crippen LogP contribution in [0.25, 0.3) is 5.69 Å². The first-order valence-corrected chi connectivity index (χ1v) is 8.10. The molecule has 1 aromatic heterocycles. The van der Waals surface area contributed by atoms with Gasteiger partial charge in [-0.1, -0.05) is 12.1 Å². The average molecular weight is 395 g/mol. The predicted octanol–water partition coefficient (Wildman–Crippen LogP) is 2.76. The predicted molar refractivity (Wildman–Crippen MR) is 102 cm³/mol. The lowest BCUT2D eigenvalue weighted by Crippen LogP contribution is -2.19. The molecule has 0 saturated heterocycles. The van der Waals surface area contributed by atoms with Crippen LogP contribution in [0.4, 0.5) is 11.4 Å². The molecular weight excluding hydrogens is 382 g/mol. The van der Waals surface area contributed by atoms with Gasteiger partial charge in [0.1, 0.15) is 0 Å². The number of benzene rings is 2. The van der Waals surface area contributed by atoms with Crippen molar-refractivity contribution >= 4 is 23.5 Å². The zero-order chi connectivity index (χ0) is 21.0. The number of non-ortho nitro benzene ring substituents is 1. The van der Waals surface area contributed by atoms with Crippen molar-refractivity contribution in [3.63, 3.8) is 0 Å². The number of nitrogens with one attached hydrogen (secondary N) is 1. The topological polar surface area (TPSA) is 153 Å². The van der Waals surface area contributed by atoms with E-state index in [-0.39, 0.29) is 5.56 Å². The number of phenols is 1. The first kappa shape index (κ1) is 19.2. The summed E-state index contributed by atoms with van der Waals surface area (Å²) in [5.74, 6) is -1.38. The van der Waals surface area contributed by atoms with E-state index in [0.717, 1.165) is 12.3 Å². The smallest absolute Gasteiger partial charge is 0.318 e. The van der Waals surface area contributed by atoms with Gasteiger partial charge in [0.15, 0.2) is 0 Å². The van der Waals surface area contributed by atoms with Gasteiger partial charge in [-0.25, -0.2) is 5.43 Å². The molecule has 3 rings (SSSR count). The molecule has 0 radical (unpaired) electrons. The first-order valence-electron chi connectivity index (χ1n) is 8.10. The largest absolute Gasteiger partial charge is 0.502 e. The maximum Gasteiger partial charge on any atom is 0.318 e. The van der Waals surface area contributed by atoms with Gasteiger partial charge in [0, 0.05) is 18.5 Å². The average Bonchev–Trinajstić information content (AvgIpc) is 3.23. The number of aromatic hydroxyl groups is 1. The highest BCUT2D eigenvalue weighted by atomic mass is 16.6. The number of nitro benzene ring substituents is 2. The van der Waals surface area contributed by atoms with Gasteiger partial charge in [0.05, 0.1) is 38.9 Å². The number of aromatic nitrogens is 1. The second-order valence-electron chi connectivity index (χ2n) is 5.72. The van der Waals surface area contributed by atoms with Crippen LogP contribution in [0.3, 0.4) is 0 Å². The van der Waals surface area contributed by atoms with Crippen LogP contribution in [0.1, 0.15) is 15.9 Å². The van der Waals surface area contributed by atoms with Crippen LogP contribution in [0.2, 0.25) is 0 Å². The number of nitrogens with zero attached hydrogens (tertiary/aromatic N) is 4. The highest BCUT2D eigenvalue weighted by Gasteiger charge is 2.23. The number of rotatable bonds is 6. The van der Waals surface area contributed by atoms with E-state index in [4.69, 9.17) is 0 Å². The fourth-order valence-corrected chi connectivity index (χ4v) is 2.58. The molecule has 11 heteroatoms. The lowest BCUT2D eigenvalue weighted by atomic mass is 10.1. The number of hydrogen-bond donors (Lipinski definition) is 2. The highest BCUT2D eigenvalue weighted by Crippen LogP contribution is 2.33. The number of carbonyl (C=O) groups is 1. The number of phenolic OH excluding ortho intramolecular Hbond substituents is 1. The van der Waals surface area contributed by atoms with Gasteiger partial charge in [-0.05, 0) is 24.3 Å². The number of amides is 1. The van der Waals surface area contributed by atoms with Gasteiger partial charge in [-0.3, -0.25) is 25.0 Å². The van der Waals surface area contributed by atoms with E-state index in [9.17, 15) is 30.1 Å². The summed E-state index contributed by atoms with van der Waals surface area (Å²) >= 11 is 0. The molecular formula is C18H13N5O6. The number of para-hydroxylation sites is 1. The van der Waals surface area contributed by atoms with E-state index < -0.39 is 32.9 Å². The summed E-state index contributed by atoms with van der Waals surface area (Å²) in [7, 11) is 0. The summed E-state index contributed by atoms with van der Waals surface area (Å²) in [5.41, 5.74) is 1.41. The van der Waals surface area contributed by atoms with Crippen LogP contribution in [-0.2, 0) is 0 Å². The standard InChI is InChI=1S/C18H13N5O6/c24-17-12(9-13(22(26)27)10-16(17)23(28)29)11-19-20-18(25)14-5-1-2-6-15(14)21-7-3-4-8-21/h1-11,24H,(H,20,25)/b19-11-. The fourth-order valence-electron chi connectivity index (χ4n) is 2.58. The molecule has 0 aliphatic carbocycles. The maximum atomic E-state index is 12.5. The second kappa shape index (κ2) is 8.00. The molecule has 2 N–H and O–H groups in total. The van der Waals surface area contributed by atoms with Crippen LogP contribution in [-0.4, -0.2) is 31.6 Å². The first-order chi connectivity index (χ1) is 13.9. The minimum atomic E-state index is -0.953. The molecule has 11 nitrogen and oxygen atoms in total. The van der Waals surface area contributed by atoms with Crippen LogP contribution in [0.5, 0.6) is 5.75 Å². The molecule has 0 aliphatic rings. The van der Waals surface area contributed by atoms with Crippen molar-refractivity contribution in [2.45, 2.75) is 0 Å². The minimum absolute atomic E-state index is 0.287. The Morgan fingerprint density at radius 2 is 1.76 bits per heavy atom. The SMILES string of the molecule is O=C(N/N=C\c1cc([N+](=O)[O-])cc([N+](=O)[O-])c1O)c1ccccc1-n1cccc1. The maximum absolute atomic E-state index is 12.5. The van der Waals surface area contributed by atoms with Crippen molar-refractivity contribution < 1.29 is 19.7 Å². The van der Waals surface area contributed by atoms with Crippen LogP contribution in [0.15, 0.2) is 66.0 Å². The van der Waals surface area contributed by atoms with Gasteiger partial charge in [0.2, 0.25) is 5.75 Å². The molecule has 1 heterocycles. The number of nitro groups is 2. The van der Waals surface area contributed by atoms with E-state index in [1.54, 1.807) is 53.4 Å². The lowest BCUT2D eigenvalue weighted by Gasteiger charge is -2.09. The quantitative estimate of drug-likeness (QED) is 0.372. The lowest BCUT2D eigenvalue weighted by molar-refractivity contribution is -0.394. The zero-order valence-corrected chi connectivity index (χ0v) is 14.6. The monoisotopic (exact) mass is 395 g/mol. The van der Waals surface area contributed by atoms with Crippen molar-refractivity contribution in [1.29, 1.82) is 0 Å². The van der Waals surface area contributed by atoms with Crippen LogP contribution >= 0.6 is 0 Å². The van der Waals surface area contributed by atoms with E-state index in [0.29, 0.717) is 17.3 Å². The summed E-state index contributed by atoms with van der Waals surface area (Å²) in [6.07, 6.45) is 4.41. The molecule has 1 amide bonds. The molecule has 146 valence electrons. The molecule has 2 aromatic carbocycles. The Bertz CT molecular complexity index is 1120. The Hall–Kier alpha value is -4.54. The van der Waals surface area contributed by atoms with Crippen molar-refractivity contribution in [2.24, 2.45) is 5.10 Å². The molecule has 0 atom stereocenters. The number of hydrazone groups is 1. The summed E-state index contributed by atoms with van der Waals surface area (Å²) in [5, 5.41) is 35.5. The Labute approximate surface area is 162 Å². The molecule has 0 fully saturated rings. The second-order valence-corrected chi connectivity index (χ2v) is 5.72. The molecule has 29 heavy (non-hydrogen) atoms. The van der Waals surface area contributed by atoms with Crippen LogP contribution in [0, 0.1) is 20.2 Å². The summed E-state index contributed by atoms with van der Waals surface area (Å²) < 4.78 is 1.73. The van der Waals surface area contributed by atoms with Gasteiger partial charge >= 0.3 is 5.69 Å².